The molecule has 0 unspecified atom stereocenters. The second-order valence-corrected chi connectivity index (χ2v) is 5.08. The van der Waals surface area contributed by atoms with E-state index >= 15 is 0 Å². The fourth-order valence-electron chi connectivity index (χ4n) is 2.05. The van der Waals surface area contributed by atoms with Gasteiger partial charge in [0.2, 0.25) is 0 Å². The number of nitrogens with two attached hydrogens (primary N) is 1. The zero-order chi connectivity index (χ0) is 12.7. The molecule has 3 rings (SSSR count). The van der Waals surface area contributed by atoms with Crippen LogP contribution in [0.15, 0.2) is 41.2 Å². The van der Waals surface area contributed by atoms with E-state index in [0.717, 1.165) is 14.8 Å². The van der Waals surface area contributed by atoms with Gasteiger partial charge >= 0.3 is 0 Å². The first kappa shape index (κ1) is 11.0. The van der Waals surface area contributed by atoms with Crippen LogP contribution >= 0.6 is 11.3 Å². The normalized spacial score (nSPS) is 10.9. The van der Waals surface area contributed by atoms with E-state index in [4.69, 9.17) is 10.5 Å². The summed E-state index contributed by atoms with van der Waals surface area (Å²) in [5, 5.41) is 1.35. The van der Waals surface area contributed by atoms with Crippen molar-refractivity contribution in [2.75, 3.05) is 12.8 Å². The highest BCUT2D eigenvalue weighted by Gasteiger charge is 2.10. The molecule has 0 atom stereocenters. The average molecular weight is 257 g/mol. The SMILES string of the molecule is COc1cc(N)cc2c(=O)c3ccccc3sc12. The fraction of sp³-hybridized carbons (Fsp3) is 0.0714. The van der Waals surface area contributed by atoms with Gasteiger partial charge in [0, 0.05) is 27.2 Å². The Morgan fingerprint density at radius 1 is 1.17 bits per heavy atom. The van der Waals surface area contributed by atoms with E-state index in [9.17, 15) is 4.79 Å². The predicted octanol–water partition coefficient (Wildman–Crippen LogP) is 3.01. The third-order valence-electron chi connectivity index (χ3n) is 2.89. The van der Waals surface area contributed by atoms with Crippen molar-refractivity contribution in [2.24, 2.45) is 0 Å². The zero-order valence-electron chi connectivity index (χ0n) is 9.77. The largest absolute Gasteiger partial charge is 0.495 e. The number of fused-ring (bicyclic) bond motifs is 2. The fourth-order valence-corrected chi connectivity index (χ4v) is 3.19. The highest BCUT2D eigenvalue weighted by atomic mass is 32.1. The van der Waals surface area contributed by atoms with Gasteiger partial charge in [0.1, 0.15) is 5.75 Å². The summed E-state index contributed by atoms with van der Waals surface area (Å²) >= 11 is 1.54. The lowest BCUT2D eigenvalue weighted by molar-refractivity contribution is 0.420. The molecule has 0 saturated heterocycles. The van der Waals surface area contributed by atoms with E-state index in [0.29, 0.717) is 16.8 Å². The van der Waals surface area contributed by atoms with Crippen LogP contribution in [0, 0.1) is 0 Å². The Hall–Kier alpha value is -2.07. The van der Waals surface area contributed by atoms with Gasteiger partial charge in [-0.1, -0.05) is 12.1 Å². The maximum atomic E-state index is 12.4. The van der Waals surface area contributed by atoms with Gasteiger partial charge < -0.3 is 10.5 Å². The third-order valence-corrected chi connectivity index (χ3v) is 4.09. The van der Waals surface area contributed by atoms with Gasteiger partial charge in [-0.15, -0.1) is 11.3 Å². The Labute approximate surface area is 107 Å². The maximum Gasteiger partial charge on any atom is 0.196 e. The minimum absolute atomic E-state index is 0.00458. The smallest absolute Gasteiger partial charge is 0.196 e. The molecule has 0 fully saturated rings. The summed E-state index contributed by atoms with van der Waals surface area (Å²) in [6.45, 7) is 0. The first-order valence-corrected chi connectivity index (χ1v) is 6.31. The van der Waals surface area contributed by atoms with Crippen molar-refractivity contribution in [3.63, 3.8) is 0 Å². The Kier molecular flexibility index (Phi) is 2.45. The van der Waals surface area contributed by atoms with Crippen LogP contribution in [0.1, 0.15) is 0 Å². The molecule has 90 valence electrons. The number of rotatable bonds is 1. The monoisotopic (exact) mass is 257 g/mol. The second kappa shape index (κ2) is 3.99. The maximum absolute atomic E-state index is 12.4. The van der Waals surface area contributed by atoms with Crippen LogP contribution in [0.4, 0.5) is 5.69 Å². The summed E-state index contributed by atoms with van der Waals surface area (Å²) < 4.78 is 7.10. The van der Waals surface area contributed by atoms with Gasteiger partial charge in [-0.3, -0.25) is 4.79 Å². The molecule has 1 aromatic heterocycles. The number of nitrogen functional groups attached to an aromatic ring is 1. The average Bonchev–Trinajstić information content (AvgIpc) is 2.39. The van der Waals surface area contributed by atoms with Crippen LogP contribution in [0.5, 0.6) is 5.75 Å². The predicted molar refractivity (Wildman–Crippen MR) is 76.6 cm³/mol. The number of hydrogen-bond donors (Lipinski definition) is 1. The van der Waals surface area contributed by atoms with Crippen molar-refractivity contribution in [3.8, 4) is 5.75 Å². The van der Waals surface area contributed by atoms with Crippen LogP contribution in [0.2, 0.25) is 0 Å². The van der Waals surface area contributed by atoms with Gasteiger partial charge in [0.15, 0.2) is 5.43 Å². The van der Waals surface area contributed by atoms with E-state index in [1.54, 1.807) is 30.6 Å². The van der Waals surface area contributed by atoms with Crippen molar-refractivity contribution in [1.82, 2.24) is 0 Å². The first-order chi connectivity index (χ1) is 8.70. The van der Waals surface area contributed by atoms with Crippen molar-refractivity contribution < 1.29 is 4.74 Å². The first-order valence-electron chi connectivity index (χ1n) is 5.50. The molecule has 1 heterocycles. The number of ether oxygens (including phenoxy) is 1. The summed E-state index contributed by atoms with van der Waals surface area (Å²) in [5.41, 5.74) is 6.34. The minimum atomic E-state index is 0.00458. The topological polar surface area (TPSA) is 52.3 Å². The lowest BCUT2D eigenvalue weighted by Gasteiger charge is -2.07. The van der Waals surface area contributed by atoms with Crippen molar-refractivity contribution in [1.29, 1.82) is 0 Å². The molecule has 0 spiro atoms. The lowest BCUT2D eigenvalue weighted by Crippen LogP contribution is -2.02. The molecule has 3 nitrogen and oxygen atoms in total. The van der Waals surface area contributed by atoms with Gasteiger partial charge in [0.25, 0.3) is 0 Å². The molecule has 0 amide bonds. The number of anilines is 1. The number of methoxy groups -OCH3 is 1. The highest BCUT2D eigenvalue weighted by molar-refractivity contribution is 7.24. The van der Waals surface area contributed by atoms with Crippen LogP contribution in [0.3, 0.4) is 0 Å². The summed E-state index contributed by atoms with van der Waals surface area (Å²) in [6.07, 6.45) is 0. The van der Waals surface area contributed by atoms with E-state index in [-0.39, 0.29) is 5.43 Å². The van der Waals surface area contributed by atoms with Crippen molar-refractivity contribution in [3.05, 3.63) is 46.6 Å². The molecule has 0 saturated carbocycles. The molecular weight excluding hydrogens is 246 g/mol. The van der Waals surface area contributed by atoms with E-state index in [1.165, 1.54) is 0 Å². The van der Waals surface area contributed by atoms with Crippen molar-refractivity contribution in [2.45, 2.75) is 0 Å². The molecule has 2 aromatic carbocycles. The Bertz CT molecular complexity index is 808. The van der Waals surface area contributed by atoms with Crippen molar-refractivity contribution >= 4 is 37.2 Å². The van der Waals surface area contributed by atoms with Crippen LogP contribution < -0.4 is 15.9 Å². The Morgan fingerprint density at radius 2 is 1.94 bits per heavy atom. The molecule has 4 heteroatoms. The molecule has 0 bridgehead atoms. The summed E-state index contributed by atoms with van der Waals surface area (Å²) in [5.74, 6) is 0.651. The molecule has 0 aliphatic rings. The van der Waals surface area contributed by atoms with Gasteiger partial charge in [-0.05, 0) is 18.2 Å². The van der Waals surface area contributed by atoms with Crippen LogP contribution in [-0.2, 0) is 0 Å². The molecule has 0 aliphatic heterocycles. The molecule has 18 heavy (non-hydrogen) atoms. The standard InChI is InChI=1S/C14H11NO2S/c1-17-11-7-8(15)6-10-13(16)9-4-2-3-5-12(9)18-14(10)11/h2-7H,15H2,1H3. The lowest BCUT2D eigenvalue weighted by atomic mass is 10.1. The van der Waals surface area contributed by atoms with E-state index in [1.807, 2.05) is 24.3 Å². The summed E-state index contributed by atoms with van der Waals surface area (Å²) in [6, 6.07) is 11.0. The Balaban J connectivity index is 2.59. The van der Waals surface area contributed by atoms with Gasteiger partial charge in [-0.2, -0.15) is 0 Å². The minimum Gasteiger partial charge on any atom is -0.495 e. The number of hydrogen-bond acceptors (Lipinski definition) is 4. The zero-order valence-corrected chi connectivity index (χ0v) is 10.6. The molecule has 0 radical (unpaired) electrons. The molecule has 0 aliphatic carbocycles. The van der Waals surface area contributed by atoms with Gasteiger partial charge in [-0.25, -0.2) is 0 Å². The number of benzene rings is 2. The molecule has 2 N–H and O–H groups in total. The van der Waals surface area contributed by atoms with E-state index in [2.05, 4.69) is 0 Å². The molecule has 3 aromatic rings. The summed E-state index contributed by atoms with van der Waals surface area (Å²) in [4.78, 5) is 12.4. The third kappa shape index (κ3) is 1.54. The Morgan fingerprint density at radius 3 is 2.72 bits per heavy atom. The summed E-state index contributed by atoms with van der Waals surface area (Å²) in [7, 11) is 1.58. The highest BCUT2D eigenvalue weighted by Crippen LogP contribution is 2.33. The van der Waals surface area contributed by atoms with E-state index < -0.39 is 0 Å². The van der Waals surface area contributed by atoms with Crippen LogP contribution in [-0.4, -0.2) is 7.11 Å². The van der Waals surface area contributed by atoms with Crippen LogP contribution in [0.25, 0.3) is 20.2 Å². The second-order valence-electron chi connectivity index (χ2n) is 4.03. The molecular formula is C14H11NO2S. The van der Waals surface area contributed by atoms with Gasteiger partial charge in [0.05, 0.1) is 11.8 Å². The quantitative estimate of drug-likeness (QED) is 0.538.